The predicted molar refractivity (Wildman–Crippen MR) is 84.2 cm³/mol. The van der Waals surface area contributed by atoms with E-state index in [-0.39, 0.29) is 16.8 Å². The summed E-state index contributed by atoms with van der Waals surface area (Å²) in [5.74, 6) is -1.21. The second-order valence-corrected chi connectivity index (χ2v) is 5.54. The molecule has 0 amide bonds. The molecular weight excluding hydrogens is 343 g/mol. The van der Waals surface area contributed by atoms with Gasteiger partial charge in [-0.05, 0) is 36.4 Å². The van der Waals surface area contributed by atoms with E-state index in [1.165, 1.54) is 30.3 Å². The van der Waals surface area contributed by atoms with Crippen molar-refractivity contribution < 1.29 is 23.1 Å². The Morgan fingerprint density at radius 3 is 2.50 bits per heavy atom. The number of aromatic nitrogens is 1. The average Bonchev–Trinajstić information content (AvgIpc) is 2.53. The predicted octanol–water partition coefficient (Wildman–Crippen LogP) is 5.27. The van der Waals surface area contributed by atoms with E-state index in [4.69, 9.17) is 11.6 Å². The van der Waals surface area contributed by atoms with E-state index >= 15 is 0 Å². The summed E-state index contributed by atoms with van der Waals surface area (Å²) in [5.41, 5.74) is -0.228. The number of aromatic carboxylic acids is 1. The zero-order valence-corrected chi connectivity index (χ0v) is 12.7. The normalized spacial score (nSPS) is 11.7. The Bertz CT molecular complexity index is 954. The molecule has 0 saturated heterocycles. The van der Waals surface area contributed by atoms with Crippen molar-refractivity contribution in [1.82, 2.24) is 4.98 Å². The van der Waals surface area contributed by atoms with Crippen LogP contribution in [0.15, 0.2) is 48.5 Å². The summed E-state index contributed by atoms with van der Waals surface area (Å²) in [6.45, 7) is 0. The Kier molecular flexibility index (Phi) is 3.93. The molecule has 0 spiro atoms. The summed E-state index contributed by atoms with van der Waals surface area (Å²) < 4.78 is 38.6. The number of nitrogens with zero attached hydrogens (tertiary/aromatic N) is 1. The molecule has 0 aliphatic heterocycles. The van der Waals surface area contributed by atoms with E-state index < -0.39 is 17.7 Å². The maximum Gasteiger partial charge on any atom is 0.416 e. The van der Waals surface area contributed by atoms with Crippen LogP contribution in [0.4, 0.5) is 13.2 Å². The molecule has 2 aromatic carbocycles. The first-order valence-electron chi connectivity index (χ1n) is 6.77. The fourth-order valence-corrected chi connectivity index (χ4v) is 2.55. The first-order valence-corrected chi connectivity index (χ1v) is 7.15. The molecule has 0 aliphatic carbocycles. The van der Waals surface area contributed by atoms with Gasteiger partial charge in [0.2, 0.25) is 0 Å². The molecule has 1 heterocycles. The average molecular weight is 352 g/mol. The SMILES string of the molecule is O=C(O)c1cc(-c2cccc(C(F)(F)F)c2)nc2ccc(Cl)cc12. The van der Waals surface area contributed by atoms with Gasteiger partial charge in [0.1, 0.15) is 0 Å². The lowest BCUT2D eigenvalue weighted by molar-refractivity contribution is -0.137. The Morgan fingerprint density at radius 1 is 1.08 bits per heavy atom. The van der Waals surface area contributed by atoms with Gasteiger partial charge in [-0.25, -0.2) is 9.78 Å². The van der Waals surface area contributed by atoms with Crippen LogP contribution in [0.1, 0.15) is 15.9 Å². The highest BCUT2D eigenvalue weighted by molar-refractivity contribution is 6.31. The topological polar surface area (TPSA) is 50.2 Å². The molecule has 1 aromatic heterocycles. The fraction of sp³-hybridized carbons (Fsp3) is 0.0588. The highest BCUT2D eigenvalue weighted by Gasteiger charge is 2.30. The molecule has 3 nitrogen and oxygen atoms in total. The smallest absolute Gasteiger partial charge is 0.416 e. The number of fused-ring (bicyclic) bond motifs is 1. The van der Waals surface area contributed by atoms with Crippen molar-refractivity contribution in [2.75, 3.05) is 0 Å². The van der Waals surface area contributed by atoms with Gasteiger partial charge in [-0.15, -0.1) is 0 Å². The number of hydrogen-bond donors (Lipinski definition) is 1. The maximum absolute atomic E-state index is 12.9. The number of pyridine rings is 1. The molecular formula is C17H9ClF3NO2. The Labute approximate surface area is 139 Å². The fourth-order valence-electron chi connectivity index (χ4n) is 2.38. The van der Waals surface area contributed by atoms with E-state index in [1.54, 1.807) is 6.07 Å². The molecule has 3 rings (SSSR count). The molecule has 0 fully saturated rings. The maximum atomic E-state index is 12.9. The van der Waals surface area contributed by atoms with Crippen molar-refractivity contribution in [2.45, 2.75) is 6.18 Å². The number of hydrogen-bond acceptors (Lipinski definition) is 2. The summed E-state index contributed by atoms with van der Waals surface area (Å²) in [6, 6.07) is 10.4. The van der Waals surface area contributed by atoms with Gasteiger partial charge in [-0.3, -0.25) is 0 Å². The Hall–Kier alpha value is -2.60. The summed E-state index contributed by atoms with van der Waals surface area (Å²) >= 11 is 5.88. The van der Waals surface area contributed by atoms with Gasteiger partial charge >= 0.3 is 12.1 Å². The van der Waals surface area contributed by atoms with Crippen molar-refractivity contribution in [3.05, 3.63) is 64.7 Å². The minimum absolute atomic E-state index is 0.0742. The van der Waals surface area contributed by atoms with Crippen molar-refractivity contribution in [2.24, 2.45) is 0 Å². The second kappa shape index (κ2) is 5.79. The van der Waals surface area contributed by atoms with E-state index in [0.29, 0.717) is 15.9 Å². The molecule has 0 atom stereocenters. The summed E-state index contributed by atoms with van der Waals surface area (Å²) in [7, 11) is 0. The van der Waals surface area contributed by atoms with Gasteiger partial charge in [0.05, 0.1) is 22.3 Å². The van der Waals surface area contributed by atoms with Crippen molar-refractivity contribution in [3.8, 4) is 11.3 Å². The van der Waals surface area contributed by atoms with Gasteiger partial charge in [0.25, 0.3) is 0 Å². The van der Waals surface area contributed by atoms with E-state index in [0.717, 1.165) is 12.1 Å². The molecule has 1 N–H and O–H groups in total. The first-order chi connectivity index (χ1) is 11.3. The molecule has 3 aromatic rings. The van der Waals surface area contributed by atoms with Crippen LogP contribution in [0, 0.1) is 0 Å². The third kappa shape index (κ3) is 3.05. The third-order valence-corrected chi connectivity index (χ3v) is 3.72. The molecule has 7 heteroatoms. The molecule has 122 valence electrons. The van der Waals surface area contributed by atoms with Crippen molar-refractivity contribution >= 4 is 28.5 Å². The van der Waals surface area contributed by atoms with Crippen LogP contribution in [0.3, 0.4) is 0 Å². The number of halogens is 4. The van der Waals surface area contributed by atoms with Gasteiger partial charge < -0.3 is 5.11 Å². The molecule has 0 unspecified atom stereocenters. The minimum atomic E-state index is -4.49. The van der Waals surface area contributed by atoms with Crippen LogP contribution in [-0.4, -0.2) is 16.1 Å². The number of benzene rings is 2. The Balaban J connectivity index is 2.24. The highest BCUT2D eigenvalue weighted by atomic mass is 35.5. The molecule has 0 bridgehead atoms. The van der Waals surface area contributed by atoms with Crippen LogP contribution >= 0.6 is 11.6 Å². The van der Waals surface area contributed by atoms with Crippen LogP contribution in [0.2, 0.25) is 5.02 Å². The van der Waals surface area contributed by atoms with E-state index in [2.05, 4.69) is 4.98 Å². The minimum Gasteiger partial charge on any atom is -0.478 e. The van der Waals surface area contributed by atoms with Gasteiger partial charge in [-0.2, -0.15) is 13.2 Å². The van der Waals surface area contributed by atoms with Gasteiger partial charge in [-0.1, -0.05) is 23.7 Å². The monoisotopic (exact) mass is 351 g/mol. The van der Waals surface area contributed by atoms with Crippen LogP contribution in [0.5, 0.6) is 0 Å². The summed E-state index contributed by atoms with van der Waals surface area (Å²) in [5, 5.41) is 10.0. The van der Waals surface area contributed by atoms with E-state index in [9.17, 15) is 23.1 Å². The number of alkyl halides is 3. The number of carboxylic acids is 1. The van der Waals surface area contributed by atoms with Crippen LogP contribution in [0.25, 0.3) is 22.2 Å². The Morgan fingerprint density at radius 2 is 1.83 bits per heavy atom. The summed E-state index contributed by atoms with van der Waals surface area (Å²) in [4.78, 5) is 15.7. The van der Waals surface area contributed by atoms with Gasteiger partial charge in [0.15, 0.2) is 0 Å². The zero-order chi connectivity index (χ0) is 17.5. The third-order valence-electron chi connectivity index (χ3n) is 3.49. The lowest BCUT2D eigenvalue weighted by atomic mass is 10.0. The lowest BCUT2D eigenvalue weighted by Gasteiger charge is -2.10. The molecule has 24 heavy (non-hydrogen) atoms. The number of carboxylic acid groups (broad SMARTS) is 1. The van der Waals surface area contributed by atoms with Crippen molar-refractivity contribution in [3.63, 3.8) is 0 Å². The molecule has 0 saturated carbocycles. The lowest BCUT2D eigenvalue weighted by Crippen LogP contribution is -2.05. The molecule has 0 radical (unpaired) electrons. The standard InChI is InChI=1S/C17H9ClF3NO2/c18-11-4-5-14-12(7-11)13(16(23)24)8-15(22-14)9-2-1-3-10(6-9)17(19,20)21/h1-8H,(H,23,24). The number of rotatable bonds is 2. The first kappa shape index (κ1) is 16.3. The van der Waals surface area contributed by atoms with Gasteiger partial charge in [0, 0.05) is 16.0 Å². The zero-order valence-electron chi connectivity index (χ0n) is 11.9. The highest BCUT2D eigenvalue weighted by Crippen LogP contribution is 2.33. The quantitative estimate of drug-likeness (QED) is 0.684. The van der Waals surface area contributed by atoms with Crippen molar-refractivity contribution in [1.29, 1.82) is 0 Å². The second-order valence-electron chi connectivity index (χ2n) is 5.10. The van der Waals surface area contributed by atoms with E-state index in [1.807, 2.05) is 0 Å². The molecule has 0 aliphatic rings. The van der Waals surface area contributed by atoms with Crippen LogP contribution in [-0.2, 0) is 6.18 Å². The number of carbonyl (C=O) groups is 1. The van der Waals surface area contributed by atoms with Crippen LogP contribution < -0.4 is 0 Å². The largest absolute Gasteiger partial charge is 0.478 e. The summed E-state index contributed by atoms with van der Waals surface area (Å²) in [6.07, 6.45) is -4.49.